The number of fused-ring (bicyclic) bond motifs is 1. The van der Waals surface area contributed by atoms with E-state index in [0.29, 0.717) is 0 Å². The zero-order chi connectivity index (χ0) is 18.5. The van der Waals surface area contributed by atoms with Crippen LogP contribution >= 0.6 is 0 Å². The summed E-state index contributed by atoms with van der Waals surface area (Å²) >= 11 is 0. The molecule has 3 rings (SSSR count). The molecule has 26 heavy (non-hydrogen) atoms. The average Bonchev–Trinajstić information content (AvgIpc) is 3.04. The van der Waals surface area contributed by atoms with Crippen molar-refractivity contribution in [2.75, 3.05) is 0 Å². The van der Waals surface area contributed by atoms with Crippen molar-refractivity contribution in [1.82, 2.24) is 10.3 Å². The van der Waals surface area contributed by atoms with Crippen molar-refractivity contribution >= 4 is 28.9 Å². The topological polar surface area (TPSA) is 102 Å². The first kappa shape index (κ1) is 17.3. The number of para-hydroxylation sites is 1. The smallest absolute Gasteiger partial charge is 0.326 e. The molecule has 6 nitrogen and oxygen atoms in total. The van der Waals surface area contributed by atoms with Crippen LogP contribution in [0.15, 0.2) is 60.8 Å². The van der Waals surface area contributed by atoms with Crippen LogP contribution in [0.4, 0.5) is 0 Å². The summed E-state index contributed by atoms with van der Waals surface area (Å²) in [6.07, 6.45) is 4.77. The Kier molecular flexibility index (Phi) is 5.03. The number of carbonyl (C=O) groups is 2. The van der Waals surface area contributed by atoms with Crippen molar-refractivity contribution in [2.24, 2.45) is 0 Å². The number of aromatic hydroxyl groups is 1. The number of benzene rings is 2. The third-order valence-corrected chi connectivity index (χ3v) is 4.03. The molecule has 1 aromatic heterocycles. The van der Waals surface area contributed by atoms with Gasteiger partial charge in [-0.2, -0.15) is 0 Å². The summed E-state index contributed by atoms with van der Waals surface area (Å²) in [5, 5.41) is 22.1. The minimum absolute atomic E-state index is 0.135. The van der Waals surface area contributed by atoms with Gasteiger partial charge in [0.15, 0.2) is 0 Å². The van der Waals surface area contributed by atoms with Crippen LogP contribution in [0.5, 0.6) is 5.75 Å². The number of amides is 1. The fraction of sp³-hybridized carbons (Fsp3) is 0.100. The van der Waals surface area contributed by atoms with Crippen LogP contribution in [-0.4, -0.2) is 33.1 Å². The molecule has 0 saturated carbocycles. The van der Waals surface area contributed by atoms with Gasteiger partial charge in [-0.3, -0.25) is 4.79 Å². The number of H-pyrrole nitrogens is 1. The molecule has 0 bridgehead atoms. The van der Waals surface area contributed by atoms with Gasteiger partial charge in [-0.05, 0) is 35.4 Å². The summed E-state index contributed by atoms with van der Waals surface area (Å²) in [5.74, 6) is -1.46. The molecule has 0 unspecified atom stereocenters. The van der Waals surface area contributed by atoms with Gasteiger partial charge >= 0.3 is 5.97 Å². The lowest BCUT2D eigenvalue weighted by Gasteiger charge is -2.12. The zero-order valence-electron chi connectivity index (χ0n) is 13.8. The average molecular weight is 350 g/mol. The number of hydrogen-bond acceptors (Lipinski definition) is 3. The molecule has 0 fully saturated rings. The van der Waals surface area contributed by atoms with Crippen molar-refractivity contribution in [2.45, 2.75) is 12.5 Å². The van der Waals surface area contributed by atoms with E-state index in [-0.39, 0.29) is 12.2 Å². The molecule has 2 aromatic carbocycles. The Labute approximate surface area is 149 Å². The van der Waals surface area contributed by atoms with Crippen LogP contribution in [0.3, 0.4) is 0 Å². The highest BCUT2D eigenvalue weighted by Gasteiger charge is 2.21. The zero-order valence-corrected chi connectivity index (χ0v) is 13.8. The quantitative estimate of drug-likeness (QED) is 0.513. The van der Waals surface area contributed by atoms with Crippen LogP contribution in [0.1, 0.15) is 11.1 Å². The van der Waals surface area contributed by atoms with Gasteiger partial charge < -0.3 is 20.5 Å². The summed E-state index contributed by atoms with van der Waals surface area (Å²) in [4.78, 5) is 26.7. The predicted molar refractivity (Wildman–Crippen MR) is 98.7 cm³/mol. The van der Waals surface area contributed by atoms with Gasteiger partial charge in [0, 0.05) is 29.6 Å². The molecule has 1 heterocycles. The molecule has 6 heteroatoms. The van der Waals surface area contributed by atoms with Crippen molar-refractivity contribution < 1.29 is 19.8 Å². The van der Waals surface area contributed by atoms with Gasteiger partial charge in [0.1, 0.15) is 11.8 Å². The number of phenolic OH excluding ortho intramolecular Hbond substituents is 1. The number of carboxylic acids is 1. The van der Waals surface area contributed by atoms with Crippen LogP contribution in [0.2, 0.25) is 0 Å². The van der Waals surface area contributed by atoms with E-state index in [4.69, 9.17) is 0 Å². The van der Waals surface area contributed by atoms with E-state index in [1.54, 1.807) is 24.4 Å². The first-order valence-corrected chi connectivity index (χ1v) is 8.08. The highest BCUT2D eigenvalue weighted by Crippen LogP contribution is 2.19. The number of hydrogen-bond donors (Lipinski definition) is 4. The Morgan fingerprint density at radius 1 is 1.12 bits per heavy atom. The third kappa shape index (κ3) is 4.10. The number of carboxylic acid groups (broad SMARTS) is 1. The molecular weight excluding hydrogens is 332 g/mol. The van der Waals surface area contributed by atoms with Crippen LogP contribution in [-0.2, 0) is 16.0 Å². The minimum Gasteiger partial charge on any atom is -0.508 e. The lowest BCUT2D eigenvalue weighted by molar-refractivity contribution is -0.141. The Balaban J connectivity index is 1.69. The van der Waals surface area contributed by atoms with Crippen molar-refractivity contribution in [3.8, 4) is 5.75 Å². The minimum atomic E-state index is -1.10. The number of aromatic nitrogens is 1. The maximum atomic E-state index is 12.1. The van der Waals surface area contributed by atoms with E-state index in [1.165, 1.54) is 18.2 Å². The molecule has 4 N–H and O–H groups in total. The number of carbonyl (C=O) groups excluding carboxylic acids is 1. The molecule has 0 aliphatic rings. The largest absolute Gasteiger partial charge is 0.508 e. The van der Waals surface area contributed by atoms with Gasteiger partial charge in [-0.15, -0.1) is 0 Å². The SMILES string of the molecule is O=C(/C=C\c1ccc(O)cc1)N[C@@H](Cc1c[nH]c2ccccc12)C(=O)O. The number of aromatic amines is 1. The lowest BCUT2D eigenvalue weighted by Crippen LogP contribution is -2.41. The summed E-state index contributed by atoms with van der Waals surface area (Å²) in [7, 11) is 0. The fourth-order valence-corrected chi connectivity index (χ4v) is 2.70. The first-order valence-electron chi connectivity index (χ1n) is 8.08. The van der Waals surface area contributed by atoms with Crippen LogP contribution < -0.4 is 5.32 Å². The normalized spacial score (nSPS) is 12.3. The molecule has 0 saturated heterocycles. The molecule has 0 aliphatic heterocycles. The summed E-state index contributed by atoms with van der Waals surface area (Å²) in [6, 6.07) is 12.9. The Bertz CT molecular complexity index is 957. The summed E-state index contributed by atoms with van der Waals surface area (Å²) < 4.78 is 0. The van der Waals surface area contributed by atoms with Gasteiger partial charge in [0.25, 0.3) is 0 Å². The Morgan fingerprint density at radius 2 is 1.85 bits per heavy atom. The van der Waals surface area contributed by atoms with E-state index in [1.807, 2.05) is 24.3 Å². The molecule has 0 spiro atoms. The molecule has 0 aliphatic carbocycles. The van der Waals surface area contributed by atoms with E-state index >= 15 is 0 Å². The molecule has 1 amide bonds. The lowest BCUT2D eigenvalue weighted by atomic mass is 10.0. The molecule has 3 aromatic rings. The van der Waals surface area contributed by atoms with E-state index < -0.39 is 17.9 Å². The van der Waals surface area contributed by atoms with Gasteiger partial charge in [-0.25, -0.2) is 4.79 Å². The van der Waals surface area contributed by atoms with Gasteiger partial charge in [0.05, 0.1) is 0 Å². The van der Waals surface area contributed by atoms with E-state index in [2.05, 4.69) is 10.3 Å². The van der Waals surface area contributed by atoms with Gasteiger partial charge in [-0.1, -0.05) is 30.3 Å². The standard InChI is InChI=1S/C20H18N2O4/c23-15-8-5-13(6-9-15)7-10-19(24)22-18(20(25)26)11-14-12-21-17-4-2-1-3-16(14)17/h1-10,12,18,21,23H,11H2,(H,22,24)(H,25,26)/b10-7-/t18-/m0/s1. The number of aliphatic carboxylic acids is 1. The molecular formula is C20H18N2O4. The van der Waals surface area contributed by atoms with Crippen LogP contribution in [0, 0.1) is 0 Å². The molecule has 1 atom stereocenters. The van der Waals surface area contributed by atoms with Crippen molar-refractivity contribution in [1.29, 1.82) is 0 Å². The maximum absolute atomic E-state index is 12.1. The number of rotatable bonds is 6. The Hall–Kier alpha value is -3.54. The van der Waals surface area contributed by atoms with Crippen molar-refractivity contribution in [3.63, 3.8) is 0 Å². The van der Waals surface area contributed by atoms with Gasteiger partial charge in [0.2, 0.25) is 5.91 Å². The maximum Gasteiger partial charge on any atom is 0.326 e. The number of nitrogens with one attached hydrogen (secondary N) is 2. The van der Waals surface area contributed by atoms with Crippen LogP contribution in [0.25, 0.3) is 17.0 Å². The monoisotopic (exact) mass is 350 g/mol. The second kappa shape index (κ2) is 7.57. The summed E-state index contributed by atoms with van der Waals surface area (Å²) in [5.41, 5.74) is 2.47. The van der Waals surface area contributed by atoms with Crippen molar-refractivity contribution in [3.05, 3.63) is 71.9 Å². The molecule has 132 valence electrons. The Morgan fingerprint density at radius 3 is 2.58 bits per heavy atom. The number of phenols is 1. The highest BCUT2D eigenvalue weighted by atomic mass is 16.4. The first-order chi connectivity index (χ1) is 12.5. The third-order valence-electron chi connectivity index (χ3n) is 4.03. The fourth-order valence-electron chi connectivity index (χ4n) is 2.70. The molecule has 0 radical (unpaired) electrons. The second-order valence-corrected chi connectivity index (χ2v) is 5.89. The highest BCUT2D eigenvalue weighted by molar-refractivity contribution is 5.94. The van der Waals surface area contributed by atoms with E-state index in [0.717, 1.165) is 22.0 Å². The summed E-state index contributed by atoms with van der Waals surface area (Å²) in [6.45, 7) is 0. The van der Waals surface area contributed by atoms with E-state index in [9.17, 15) is 19.8 Å². The second-order valence-electron chi connectivity index (χ2n) is 5.89. The predicted octanol–water partition coefficient (Wildman–Crippen LogP) is 2.70.